The largest absolute Gasteiger partial charge is 0.372 e. The van der Waals surface area contributed by atoms with Gasteiger partial charge in [0.1, 0.15) is 0 Å². The molecule has 1 aromatic rings. The molecular weight excluding hydrogens is 250 g/mol. The fourth-order valence-electron chi connectivity index (χ4n) is 2.00. The molecule has 3 N–H and O–H groups in total. The number of carbonyl (C=O) groups excluding carboxylic acids is 1. The molecule has 0 fully saturated rings. The van der Waals surface area contributed by atoms with Crippen LogP contribution in [0.3, 0.4) is 0 Å². The molecule has 0 saturated heterocycles. The molecule has 0 aliphatic heterocycles. The van der Waals surface area contributed by atoms with Crippen molar-refractivity contribution in [2.24, 2.45) is 5.73 Å². The average molecular weight is 277 g/mol. The van der Waals surface area contributed by atoms with E-state index in [-0.39, 0.29) is 11.4 Å². The molecule has 1 rings (SSSR count). The molecule has 0 heterocycles. The van der Waals surface area contributed by atoms with Crippen LogP contribution in [-0.4, -0.2) is 24.5 Å². The van der Waals surface area contributed by atoms with E-state index in [4.69, 9.17) is 5.73 Å². The van der Waals surface area contributed by atoms with Crippen molar-refractivity contribution in [3.8, 4) is 0 Å². The number of anilines is 2. The minimum absolute atomic E-state index is 0.0131. The van der Waals surface area contributed by atoms with Crippen molar-refractivity contribution in [3.63, 3.8) is 0 Å². The summed E-state index contributed by atoms with van der Waals surface area (Å²) < 4.78 is 0. The third-order valence-corrected chi connectivity index (χ3v) is 3.28. The van der Waals surface area contributed by atoms with Crippen LogP contribution in [0.15, 0.2) is 24.3 Å². The molecule has 4 heteroatoms. The second-order valence-corrected chi connectivity index (χ2v) is 5.76. The molecular formula is C16H27N3O. The van der Waals surface area contributed by atoms with E-state index in [2.05, 4.69) is 24.1 Å². The van der Waals surface area contributed by atoms with Crippen LogP contribution in [0.1, 0.15) is 40.5 Å². The van der Waals surface area contributed by atoms with Crippen LogP contribution in [-0.2, 0) is 4.79 Å². The van der Waals surface area contributed by atoms with E-state index in [1.807, 2.05) is 38.1 Å². The number of hydrogen-bond acceptors (Lipinski definition) is 3. The fraction of sp³-hybridized carbons (Fsp3) is 0.562. The van der Waals surface area contributed by atoms with Gasteiger partial charge in [0.2, 0.25) is 5.91 Å². The zero-order valence-corrected chi connectivity index (χ0v) is 13.1. The Morgan fingerprint density at radius 1 is 1.20 bits per heavy atom. The van der Waals surface area contributed by atoms with E-state index in [1.165, 1.54) is 5.69 Å². The van der Waals surface area contributed by atoms with E-state index in [0.717, 1.165) is 18.8 Å². The van der Waals surface area contributed by atoms with Crippen LogP contribution in [0, 0.1) is 0 Å². The Morgan fingerprint density at radius 2 is 1.75 bits per heavy atom. The molecule has 1 amide bonds. The first-order valence-corrected chi connectivity index (χ1v) is 7.29. The number of nitrogens with two attached hydrogens (primary N) is 1. The number of amides is 1. The van der Waals surface area contributed by atoms with Crippen LogP contribution in [0.25, 0.3) is 0 Å². The van der Waals surface area contributed by atoms with Crippen molar-refractivity contribution in [2.75, 3.05) is 23.3 Å². The highest BCUT2D eigenvalue weighted by Gasteiger charge is 2.13. The van der Waals surface area contributed by atoms with Crippen molar-refractivity contribution >= 4 is 17.3 Å². The second-order valence-electron chi connectivity index (χ2n) is 5.76. The predicted molar refractivity (Wildman–Crippen MR) is 86.1 cm³/mol. The van der Waals surface area contributed by atoms with Gasteiger partial charge in [-0.25, -0.2) is 0 Å². The fourth-order valence-corrected chi connectivity index (χ4v) is 2.00. The molecule has 0 saturated carbocycles. The Balaban J connectivity index is 2.55. The number of rotatable bonds is 7. The zero-order chi connectivity index (χ0) is 15.2. The van der Waals surface area contributed by atoms with Gasteiger partial charge in [-0.15, -0.1) is 0 Å². The maximum absolute atomic E-state index is 11.8. The predicted octanol–water partition coefficient (Wildman–Crippen LogP) is 2.99. The van der Waals surface area contributed by atoms with Gasteiger partial charge in [0, 0.05) is 36.4 Å². The molecule has 4 nitrogen and oxygen atoms in total. The molecule has 0 atom stereocenters. The van der Waals surface area contributed by atoms with Gasteiger partial charge in [0.05, 0.1) is 0 Å². The lowest BCUT2D eigenvalue weighted by molar-refractivity contribution is -0.116. The van der Waals surface area contributed by atoms with Gasteiger partial charge < -0.3 is 16.0 Å². The lowest BCUT2D eigenvalue weighted by Gasteiger charge is -2.21. The summed E-state index contributed by atoms with van der Waals surface area (Å²) in [4.78, 5) is 14.1. The van der Waals surface area contributed by atoms with Gasteiger partial charge in [0.25, 0.3) is 0 Å². The van der Waals surface area contributed by atoms with Gasteiger partial charge in [-0.1, -0.05) is 0 Å². The van der Waals surface area contributed by atoms with Gasteiger partial charge >= 0.3 is 0 Å². The topological polar surface area (TPSA) is 58.4 Å². The van der Waals surface area contributed by atoms with Crippen LogP contribution >= 0.6 is 0 Å². The molecule has 1 aromatic carbocycles. The summed E-state index contributed by atoms with van der Waals surface area (Å²) in [5, 5.41) is 2.90. The zero-order valence-electron chi connectivity index (χ0n) is 13.1. The first-order valence-electron chi connectivity index (χ1n) is 7.29. The molecule has 0 bridgehead atoms. The summed E-state index contributed by atoms with van der Waals surface area (Å²) in [6.45, 7) is 10.1. The van der Waals surface area contributed by atoms with Crippen molar-refractivity contribution in [2.45, 2.75) is 46.1 Å². The first kappa shape index (κ1) is 16.5. The number of hydrogen-bond donors (Lipinski definition) is 2. The summed E-state index contributed by atoms with van der Waals surface area (Å²) in [5.74, 6) is 0.0131. The van der Waals surface area contributed by atoms with Gasteiger partial charge in [-0.3, -0.25) is 4.79 Å². The molecule has 0 radical (unpaired) electrons. The monoisotopic (exact) mass is 277 g/mol. The number of carbonyl (C=O) groups is 1. The Kier molecular flexibility index (Phi) is 6.02. The minimum Gasteiger partial charge on any atom is -0.372 e. The summed E-state index contributed by atoms with van der Waals surface area (Å²) >= 11 is 0. The summed E-state index contributed by atoms with van der Waals surface area (Å²) in [7, 11) is 0. The van der Waals surface area contributed by atoms with Gasteiger partial charge in [-0.2, -0.15) is 0 Å². The van der Waals surface area contributed by atoms with Crippen molar-refractivity contribution in [1.29, 1.82) is 0 Å². The van der Waals surface area contributed by atoms with E-state index < -0.39 is 0 Å². The molecule has 112 valence electrons. The van der Waals surface area contributed by atoms with Crippen LogP contribution in [0.4, 0.5) is 11.4 Å². The van der Waals surface area contributed by atoms with Crippen molar-refractivity contribution < 1.29 is 4.79 Å². The standard InChI is InChI=1S/C16H27N3O/c1-5-19(6-2)14-9-7-13(8-10-14)18-15(20)11-12-16(3,4)17/h7-10H,5-6,11-12,17H2,1-4H3,(H,18,20). The van der Waals surface area contributed by atoms with Crippen LogP contribution < -0.4 is 16.0 Å². The third-order valence-electron chi connectivity index (χ3n) is 3.28. The van der Waals surface area contributed by atoms with E-state index in [9.17, 15) is 4.79 Å². The Morgan fingerprint density at radius 3 is 2.20 bits per heavy atom. The van der Waals surface area contributed by atoms with E-state index in [0.29, 0.717) is 12.8 Å². The average Bonchev–Trinajstić information content (AvgIpc) is 2.39. The maximum Gasteiger partial charge on any atom is 0.224 e. The van der Waals surface area contributed by atoms with Crippen LogP contribution in [0.5, 0.6) is 0 Å². The molecule has 0 aromatic heterocycles. The van der Waals surface area contributed by atoms with Crippen molar-refractivity contribution in [1.82, 2.24) is 0 Å². The van der Waals surface area contributed by atoms with Crippen LogP contribution in [0.2, 0.25) is 0 Å². The number of nitrogens with zero attached hydrogens (tertiary/aromatic N) is 1. The third kappa shape index (κ3) is 5.61. The number of nitrogens with one attached hydrogen (secondary N) is 1. The Labute approximate surface area is 122 Å². The summed E-state index contributed by atoms with van der Waals surface area (Å²) in [6, 6.07) is 7.96. The summed E-state index contributed by atoms with van der Waals surface area (Å²) in [5.41, 5.74) is 7.58. The van der Waals surface area contributed by atoms with Gasteiger partial charge in [-0.05, 0) is 58.4 Å². The SMILES string of the molecule is CCN(CC)c1ccc(NC(=O)CCC(C)(C)N)cc1. The van der Waals surface area contributed by atoms with E-state index in [1.54, 1.807) is 0 Å². The molecule has 0 aliphatic carbocycles. The molecule has 0 spiro atoms. The van der Waals surface area contributed by atoms with E-state index >= 15 is 0 Å². The second kappa shape index (κ2) is 7.29. The maximum atomic E-state index is 11.8. The van der Waals surface area contributed by atoms with Crippen molar-refractivity contribution in [3.05, 3.63) is 24.3 Å². The molecule has 20 heavy (non-hydrogen) atoms. The lowest BCUT2D eigenvalue weighted by atomic mass is 10.00. The smallest absolute Gasteiger partial charge is 0.224 e. The highest BCUT2D eigenvalue weighted by molar-refractivity contribution is 5.90. The molecule has 0 aliphatic rings. The van der Waals surface area contributed by atoms with Gasteiger partial charge in [0.15, 0.2) is 0 Å². The minimum atomic E-state index is -0.302. The first-order chi connectivity index (χ1) is 9.35. The number of benzene rings is 1. The highest BCUT2D eigenvalue weighted by atomic mass is 16.1. The lowest BCUT2D eigenvalue weighted by Crippen LogP contribution is -2.33. The molecule has 0 unspecified atom stereocenters. The Bertz CT molecular complexity index is 416. The Hall–Kier alpha value is -1.55. The quantitative estimate of drug-likeness (QED) is 0.805. The highest BCUT2D eigenvalue weighted by Crippen LogP contribution is 2.18. The summed E-state index contributed by atoms with van der Waals surface area (Å²) in [6.07, 6.45) is 1.12. The normalized spacial score (nSPS) is 11.2.